The molecule has 10 heteroatoms. The van der Waals surface area contributed by atoms with E-state index < -0.39 is 49.6 Å². The third-order valence-corrected chi connectivity index (χ3v) is 3.15. The quantitative estimate of drug-likeness (QED) is 0.586. The first-order valence-corrected chi connectivity index (χ1v) is 5.12. The second-order valence-corrected chi connectivity index (χ2v) is 4.62. The SMILES string of the molecule is O=S(=O)(c1c(F)c(F)cc(F)c1F)C(F)(F)F. The van der Waals surface area contributed by atoms with Gasteiger partial charge in [0.1, 0.15) is 0 Å². The van der Waals surface area contributed by atoms with Crippen LogP contribution in [-0.4, -0.2) is 13.9 Å². The normalized spacial score (nSPS) is 12.9. The smallest absolute Gasteiger partial charge is 0.214 e. The zero-order chi connectivity index (χ0) is 13.6. The second kappa shape index (κ2) is 3.86. The molecule has 0 bridgehead atoms. The first-order chi connectivity index (χ1) is 7.50. The van der Waals surface area contributed by atoms with E-state index in [4.69, 9.17) is 0 Å². The van der Waals surface area contributed by atoms with Crippen molar-refractivity contribution in [3.05, 3.63) is 29.3 Å². The van der Waals surface area contributed by atoms with Crippen molar-refractivity contribution in [2.24, 2.45) is 0 Å². The standard InChI is InChI=1S/C7HF7O2S/c8-2-1-3(9)5(11)6(4(2)10)17(15,16)7(12,13)14/h1H. The van der Waals surface area contributed by atoms with Crippen LogP contribution >= 0.6 is 0 Å². The maximum atomic E-state index is 12.8. The van der Waals surface area contributed by atoms with Gasteiger partial charge in [-0.1, -0.05) is 0 Å². The Balaban J connectivity index is 3.76. The molecule has 17 heavy (non-hydrogen) atoms. The van der Waals surface area contributed by atoms with E-state index in [9.17, 15) is 39.2 Å². The lowest BCUT2D eigenvalue weighted by Crippen LogP contribution is -2.26. The summed E-state index contributed by atoms with van der Waals surface area (Å²) in [6.45, 7) is 0. The highest BCUT2D eigenvalue weighted by Gasteiger charge is 2.51. The van der Waals surface area contributed by atoms with Crippen LogP contribution in [0.2, 0.25) is 0 Å². The van der Waals surface area contributed by atoms with E-state index in [2.05, 4.69) is 0 Å². The van der Waals surface area contributed by atoms with E-state index >= 15 is 0 Å². The lowest BCUT2D eigenvalue weighted by atomic mass is 10.3. The molecule has 1 rings (SSSR count). The number of sulfone groups is 1. The number of benzene rings is 1. The molecule has 1 aromatic rings. The molecule has 0 N–H and O–H groups in total. The summed E-state index contributed by atoms with van der Waals surface area (Å²) in [7, 11) is -6.51. The molecule has 0 radical (unpaired) electrons. The zero-order valence-corrected chi connectivity index (χ0v) is 8.26. The van der Waals surface area contributed by atoms with E-state index in [-0.39, 0.29) is 0 Å². The van der Waals surface area contributed by atoms with Crippen molar-refractivity contribution in [1.29, 1.82) is 0 Å². The van der Waals surface area contributed by atoms with Crippen LogP contribution in [0.1, 0.15) is 0 Å². The van der Waals surface area contributed by atoms with Gasteiger partial charge >= 0.3 is 5.51 Å². The maximum absolute atomic E-state index is 12.8. The van der Waals surface area contributed by atoms with E-state index in [0.717, 1.165) is 0 Å². The Morgan fingerprint density at radius 1 is 0.882 bits per heavy atom. The topological polar surface area (TPSA) is 34.1 Å². The van der Waals surface area contributed by atoms with Crippen molar-refractivity contribution >= 4 is 9.84 Å². The molecule has 1 aromatic carbocycles. The monoisotopic (exact) mass is 282 g/mol. The van der Waals surface area contributed by atoms with Gasteiger partial charge in [-0.2, -0.15) is 13.2 Å². The summed E-state index contributed by atoms with van der Waals surface area (Å²) in [5, 5.41) is 0. The zero-order valence-electron chi connectivity index (χ0n) is 7.45. The average molecular weight is 282 g/mol. The molecule has 0 fully saturated rings. The fourth-order valence-corrected chi connectivity index (χ4v) is 1.80. The Morgan fingerprint density at radius 3 is 1.53 bits per heavy atom. The van der Waals surface area contributed by atoms with Gasteiger partial charge in [0, 0.05) is 6.07 Å². The molecule has 0 saturated carbocycles. The van der Waals surface area contributed by atoms with Crippen LogP contribution in [0.5, 0.6) is 0 Å². The Morgan fingerprint density at radius 2 is 1.24 bits per heavy atom. The lowest BCUT2D eigenvalue weighted by Gasteiger charge is -2.10. The number of halogens is 7. The minimum Gasteiger partial charge on any atom is -0.214 e. The maximum Gasteiger partial charge on any atom is 0.502 e. The van der Waals surface area contributed by atoms with E-state index in [0.29, 0.717) is 0 Å². The number of alkyl halides is 3. The predicted octanol–water partition coefficient (Wildman–Crippen LogP) is 2.54. The van der Waals surface area contributed by atoms with Crippen molar-refractivity contribution in [1.82, 2.24) is 0 Å². The Hall–Kier alpha value is -1.32. The molecular weight excluding hydrogens is 281 g/mol. The van der Waals surface area contributed by atoms with Gasteiger partial charge in [0.05, 0.1) is 0 Å². The molecule has 0 unspecified atom stereocenters. The van der Waals surface area contributed by atoms with Crippen LogP contribution in [0.25, 0.3) is 0 Å². The molecule has 96 valence electrons. The largest absolute Gasteiger partial charge is 0.502 e. The summed E-state index contributed by atoms with van der Waals surface area (Å²) >= 11 is 0. The van der Waals surface area contributed by atoms with Gasteiger partial charge in [-0.3, -0.25) is 0 Å². The molecule has 0 aromatic heterocycles. The number of rotatable bonds is 1. The van der Waals surface area contributed by atoms with Gasteiger partial charge in [-0.25, -0.2) is 26.0 Å². The first kappa shape index (κ1) is 13.7. The van der Waals surface area contributed by atoms with Gasteiger partial charge < -0.3 is 0 Å². The third kappa shape index (κ3) is 2.08. The second-order valence-electron chi connectivity index (χ2n) is 2.75. The summed E-state index contributed by atoms with van der Waals surface area (Å²) in [6, 6.07) is -0.403. The Kier molecular flexibility index (Phi) is 3.12. The fraction of sp³-hybridized carbons (Fsp3) is 0.143. The summed E-state index contributed by atoms with van der Waals surface area (Å²) in [6.07, 6.45) is 0. The van der Waals surface area contributed by atoms with Crippen molar-refractivity contribution in [3.63, 3.8) is 0 Å². The summed E-state index contributed by atoms with van der Waals surface area (Å²) in [5.74, 6) is -9.74. The molecule has 0 aliphatic heterocycles. The first-order valence-electron chi connectivity index (χ1n) is 3.64. The fourth-order valence-electron chi connectivity index (χ4n) is 0.903. The van der Waals surface area contributed by atoms with Gasteiger partial charge in [-0.15, -0.1) is 0 Å². The summed E-state index contributed by atoms with van der Waals surface area (Å²) in [5.41, 5.74) is -6.07. The van der Waals surface area contributed by atoms with Crippen molar-refractivity contribution in [2.45, 2.75) is 10.4 Å². The van der Waals surface area contributed by atoms with Crippen LogP contribution in [0, 0.1) is 23.3 Å². The molecule has 2 nitrogen and oxygen atoms in total. The van der Waals surface area contributed by atoms with Gasteiger partial charge in [0.25, 0.3) is 9.84 Å². The highest BCUT2D eigenvalue weighted by molar-refractivity contribution is 7.92. The molecule has 0 saturated heterocycles. The van der Waals surface area contributed by atoms with Crippen LogP contribution in [0.3, 0.4) is 0 Å². The minimum atomic E-state index is -6.51. The van der Waals surface area contributed by atoms with Crippen LogP contribution in [0.4, 0.5) is 30.7 Å². The Bertz CT molecular complexity index is 534. The molecule has 0 amide bonds. The third-order valence-electron chi connectivity index (χ3n) is 1.64. The lowest BCUT2D eigenvalue weighted by molar-refractivity contribution is -0.0440. The molecule has 0 heterocycles. The highest BCUT2D eigenvalue weighted by Crippen LogP contribution is 2.34. The predicted molar refractivity (Wildman–Crippen MR) is 39.5 cm³/mol. The summed E-state index contributed by atoms with van der Waals surface area (Å²) < 4.78 is 108. The van der Waals surface area contributed by atoms with Gasteiger partial charge in [0.2, 0.25) is 0 Å². The van der Waals surface area contributed by atoms with Crippen molar-refractivity contribution < 1.29 is 39.2 Å². The molecule has 0 aliphatic carbocycles. The van der Waals surface area contributed by atoms with Crippen LogP contribution < -0.4 is 0 Å². The van der Waals surface area contributed by atoms with Crippen LogP contribution in [0.15, 0.2) is 11.0 Å². The minimum absolute atomic E-state index is 0.403. The molecule has 0 aliphatic rings. The van der Waals surface area contributed by atoms with Crippen molar-refractivity contribution in [3.8, 4) is 0 Å². The van der Waals surface area contributed by atoms with Crippen LogP contribution in [-0.2, 0) is 9.84 Å². The number of hydrogen-bond acceptors (Lipinski definition) is 2. The van der Waals surface area contributed by atoms with Crippen molar-refractivity contribution in [2.75, 3.05) is 0 Å². The van der Waals surface area contributed by atoms with Gasteiger partial charge in [0.15, 0.2) is 28.2 Å². The van der Waals surface area contributed by atoms with E-state index in [1.807, 2.05) is 0 Å². The molecule has 0 spiro atoms. The Labute approximate surface area is 89.6 Å². The van der Waals surface area contributed by atoms with Gasteiger partial charge in [-0.05, 0) is 0 Å². The van der Waals surface area contributed by atoms with E-state index in [1.54, 1.807) is 0 Å². The summed E-state index contributed by atoms with van der Waals surface area (Å²) in [4.78, 5) is -2.69. The number of hydrogen-bond donors (Lipinski definition) is 0. The average Bonchev–Trinajstić information content (AvgIpc) is 2.13. The highest BCUT2D eigenvalue weighted by atomic mass is 32.2. The molecular formula is C7HF7O2S. The van der Waals surface area contributed by atoms with E-state index in [1.165, 1.54) is 0 Å². The molecule has 0 atom stereocenters.